The van der Waals surface area contributed by atoms with E-state index in [1.54, 1.807) is 7.11 Å². The van der Waals surface area contributed by atoms with Gasteiger partial charge in [-0.1, -0.05) is 15.9 Å². The maximum absolute atomic E-state index is 12.8. The molecule has 0 saturated heterocycles. The van der Waals surface area contributed by atoms with Gasteiger partial charge in [0.1, 0.15) is 0 Å². The average molecular weight is 366 g/mol. The van der Waals surface area contributed by atoms with Crippen LogP contribution in [0.2, 0.25) is 0 Å². The zero-order valence-electron chi connectivity index (χ0n) is 11.4. The molecule has 1 fully saturated rings. The predicted molar refractivity (Wildman–Crippen MR) is 75.1 cm³/mol. The number of ether oxygens (including phenoxy) is 1. The van der Waals surface area contributed by atoms with Crippen LogP contribution in [-0.4, -0.2) is 25.2 Å². The smallest absolute Gasteiger partial charge is 0.376 e. The van der Waals surface area contributed by atoms with E-state index in [0.717, 1.165) is 25.3 Å². The van der Waals surface area contributed by atoms with E-state index in [1.165, 1.54) is 12.1 Å². The minimum absolute atomic E-state index is 0.0175. The Morgan fingerprint density at radius 1 is 1.43 bits per heavy atom. The van der Waals surface area contributed by atoms with Crippen LogP contribution < -0.4 is 5.32 Å². The van der Waals surface area contributed by atoms with Crippen molar-refractivity contribution in [2.24, 2.45) is 0 Å². The molecule has 0 spiro atoms. The molecular weight excluding hydrogens is 351 g/mol. The fourth-order valence-corrected chi connectivity index (χ4v) is 2.72. The first-order chi connectivity index (χ1) is 9.77. The standard InChI is InChI=1S/C14H15BrF3NO2/c1-21-13(5-2-6-13)8-19-12(20)9-3-4-11(15)10(7-9)14(16,17)18/h3-4,7H,2,5-6,8H2,1H3,(H,19,20). The molecule has 1 aliphatic carbocycles. The van der Waals surface area contributed by atoms with Crippen molar-refractivity contribution < 1.29 is 22.7 Å². The van der Waals surface area contributed by atoms with E-state index in [-0.39, 0.29) is 15.6 Å². The number of amides is 1. The second-order valence-corrected chi connectivity index (χ2v) is 5.97. The molecule has 3 nitrogen and oxygen atoms in total. The average Bonchev–Trinajstić information content (AvgIpc) is 2.37. The lowest BCUT2D eigenvalue weighted by Crippen LogP contribution is -2.49. The normalized spacial score (nSPS) is 17.2. The van der Waals surface area contributed by atoms with Crippen molar-refractivity contribution in [2.75, 3.05) is 13.7 Å². The lowest BCUT2D eigenvalue weighted by atomic mass is 9.80. The van der Waals surface area contributed by atoms with Crippen molar-refractivity contribution in [1.29, 1.82) is 0 Å². The molecule has 0 bridgehead atoms. The van der Waals surface area contributed by atoms with Gasteiger partial charge in [0, 0.05) is 23.7 Å². The quantitative estimate of drug-likeness (QED) is 0.881. The first kappa shape index (κ1) is 16.3. The Balaban J connectivity index is 2.09. The minimum atomic E-state index is -4.50. The number of hydrogen-bond donors (Lipinski definition) is 1. The first-order valence-electron chi connectivity index (χ1n) is 6.47. The Labute approximate surface area is 129 Å². The van der Waals surface area contributed by atoms with Crippen molar-refractivity contribution in [2.45, 2.75) is 31.0 Å². The number of halogens is 4. The van der Waals surface area contributed by atoms with E-state index < -0.39 is 17.6 Å². The zero-order chi connectivity index (χ0) is 15.7. The molecule has 1 amide bonds. The highest BCUT2D eigenvalue weighted by molar-refractivity contribution is 9.10. The maximum Gasteiger partial charge on any atom is 0.417 e. The fraction of sp³-hybridized carbons (Fsp3) is 0.500. The molecule has 2 rings (SSSR count). The van der Waals surface area contributed by atoms with Gasteiger partial charge in [-0.25, -0.2) is 0 Å². The Hall–Kier alpha value is -1.08. The lowest BCUT2D eigenvalue weighted by molar-refractivity contribution is -0.138. The fourth-order valence-electron chi connectivity index (χ4n) is 2.25. The minimum Gasteiger partial charge on any atom is -0.376 e. The molecule has 21 heavy (non-hydrogen) atoms. The van der Waals surface area contributed by atoms with Crippen LogP contribution in [0.15, 0.2) is 22.7 Å². The molecule has 0 radical (unpaired) electrons. The molecule has 1 aromatic rings. The van der Waals surface area contributed by atoms with Crippen molar-refractivity contribution in [3.05, 3.63) is 33.8 Å². The van der Waals surface area contributed by atoms with Crippen molar-refractivity contribution >= 4 is 21.8 Å². The molecule has 7 heteroatoms. The van der Waals surface area contributed by atoms with E-state index in [0.29, 0.717) is 6.54 Å². The molecular formula is C14H15BrF3NO2. The van der Waals surface area contributed by atoms with Gasteiger partial charge in [-0.3, -0.25) is 4.79 Å². The van der Waals surface area contributed by atoms with Gasteiger partial charge in [-0.05, 0) is 37.5 Å². The van der Waals surface area contributed by atoms with Crippen LogP contribution in [0.3, 0.4) is 0 Å². The molecule has 0 unspecified atom stereocenters. The molecule has 1 saturated carbocycles. The highest BCUT2D eigenvalue weighted by atomic mass is 79.9. The van der Waals surface area contributed by atoms with Gasteiger partial charge < -0.3 is 10.1 Å². The Bertz CT molecular complexity index is 536. The third kappa shape index (κ3) is 3.58. The zero-order valence-corrected chi connectivity index (χ0v) is 13.0. The van der Waals surface area contributed by atoms with Crippen LogP contribution in [0, 0.1) is 0 Å². The van der Waals surface area contributed by atoms with E-state index in [4.69, 9.17) is 4.74 Å². The van der Waals surface area contributed by atoms with Gasteiger partial charge >= 0.3 is 6.18 Å². The van der Waals surface area contributed by atoms with Gasteiger partial charge in [0.15, 0.2) is 0 Å². The Kier molecular flexibility index (Phi) is 4.63. The largest absolute Gasteiger partial charge is 0.417 e. The third-order valence-electron chi connectivity index (χ3n) is 3.80. The molecule has 0 aromatic heterocycles. The summed E-state index contributed by atoms with van der Waals surface area (Å²) in [5.41, 5.74) is -1.24. The Morgan fingerprint density at radius 2 is 2.10 bits per heavy atom. The number of rotatable bonds is 4. The molecule has 0 atom stereocenters. The summed E-state index contributed by atoms with van der Waals surface area (Å²) < 4.78 is 43.7. The number of alkyl halides is 3. The van der Waals surface area contributed by atoms with E-state index in [9.17, 15) is 18.0 Å². The predicted octanol–water partition coefficient (Wildman–Crippen LogP) is 3.77. The van der Waals surface area contributed by atoms with Crippen LogP contribution in [0.4, 0.5) is 13.2 Å². The number of carbonyl (C=O) groups excluding carboxylic acids is 1. The second kappa shape index (κ2) is 5.96. The van der Waals surface area contributed by atoms with Gasteiger partial charge in [-0.2, -0.15) is 13.2 Å². The first-order valence-corrected chi connectivity index (χ1v) is 7.27. The van der Waals surface area contributed by atoms with Crippen LogP contribution in [-0.2, 0) is 10.9 Å². The summed E-state index contributed by atoms with van der Waals surface area (Å²) >= 11 is 2.85. The van der Waals surface area contributed by atoms with Gasteiger partial charge in [0.05, 0.1) is 11.2 Å². The summed E-state index contributed by atoms with van der Waals surface area (Å²) in [6.07, 6.45) is -1.78. The summed E-state index contributed by atoms with van der Waals surface area (Å²) in [7, 11) is 1.58. The third-order valence-corrected chi connectivity index (χ3v) is 4.49. The monoisotopic (exact) mass is 365 g/mol. The summed E-state index contributed by atoms with van der Waals surface area (Å²) in [5.74, 6) is -0.531. The highest BCUT2D eigenvalue weighted by Gasteiger charge is 2.37. The lowest BCUT2D eigenvalue weighted by Gasteiger charge is -2.40. The van der Waals surface area contributed by atoms with Crippen molar-refractivity contribution in [1.82, 2.24) is 5.32 Å². The topological polar surface area (TPSA) is 38.3 Å². The molecule has 0 heterocycles. The number of hydrogen-bond acceptors (Lipinski definition) is 2. The molecule has 1 aromatic carbocycles. The Morgan fingerprint density at radius 3 is 2.57 bits per heavy atom. The van der Waals surface area contributed by atoms with Crippen LogP contribution in [0.25, 0.3) is 0 Å². The van der Waals surface area contributed by atoms with Gasteiger partial charge in [0.2, 0.25) is 0 Å². The second-order valence-electron chi connectivity index (χ2n) is 5.12. The number of benzene rings is 1. The molecule has 1 N–H and O–H groups in total. The van der Waals surface area contributed by atoms with Crippen LogP contribution in [0.1, 0.15) is 35.2 Å². The highest BCUT2D eigenvalue weighted by Crippen LogP contribution is 2.36. The van der Waals surface area contributed by atoms with Gasteiger partial charge in [0.25, 0.3) is 5.91 Å². The number of methoxy groups -OCH3 is 1. The molecule has 116 valence electrons. The van der Waals surface area contributed by atoms with Crippen LogP contribution in [0.5, 0.6) is 0 Å². The van der Waals surface area contributed by atoms with Crippen LogP contribution >= 0.6 is 15.9 Å². The van der Waals surface area contributed by atoms with E-state index in [2.05, 4.69) is 21.2 Å². The number of nitrogens with one attached hydrogen (secondary N) is 1. The van der Waals surface area contributed by atoms with E-state index in [1.807, 2.05) is 0 Å². The summed E-state index contributed by atoms with van der Waals surface area (Å²) in [4.78, 5) is 12.0. The SMILES string of the molecule is COC1(CNC(=O)c2ccc(Br)c(C(F)(F)F)c2)CCC1. The number of carbonyl (C=O) groups is 1. The van der Waals surface area contributed by atoms with Crippen molar-refractivity contribution in [3.63, 3.8) is 0 Å². The van der Waals surface area contributed by atoms with E-state index >= 15 is 0 Å². The van der Waals surface area contributed by atoms with Gasteiger partial charge in [-0.15, -0.1) is 0 Å². The summed E-state index contributed by atoms with van der Waals surface area (Å²) in [6.45, 7) is 0.305. The maximum atomic E-state index is 12.8. The molecule has 0 aliphatic heterocycles. The van der Waals surface area contributed by atoms with Crippen molar-refractivity contribution in [3.8, 4) is 0 Å². The molecule has 1 aliphatic rings. The summed E-state index contributed by atoms with van der Waals surface area (Å²) in [6, 6.07) is 3.43. The summed E-state index contributed by atoms with van der Waals surface area (Å²) in [5, 5.41) is 2.64.